The summed E-state index contributed by atoms with van der Waals surface area (Å²) in [5.74, 6) is 0. The Bertz CT molecular complexity index is 756. The second kappa shape index (κ2) is 5.98. The number of aromatic nitrogens is 2. The number of hydrogen-bond acceptors (Lipinski definition) is 4. The summed E-state index contributed by atoms with van der Waals surface area (Å²) < 4.78 is 27.2. The second-order valence-electron chi connectivity index (χ2n) is 5.76. The summed E-state index contributed by atoms with van der Waals surface area (Å²) >= 11 is 0. The summed E-state index contributed by atoms with van der Waals surface area (Å²) in [6.07, 6.45) is 5.39. The normalized spacial score (nSPS) is 20.2. The van der Waals surface area contributed by atoms with Gasteiger partial charge in [0.05, 0.1) is 0 Å². The molecule has 0 bridgehead atoms. The van der Waals surface area contributed by atoms with Gasteiger partial charge in [-0.05, 0) is 38.1 Å². The van der Waals surface area contributed by atoms with Crippen molar-refractivity contribution < 1.29 is 8.42 Å². The number of H-pyrrole nitrogens is 1. The maximum absolute atomic E-state index is 12.8. The molecule has 3 heterocycles. The third kappa shape index (κ3) is 2.64. The minimum Gasteiger partial charge on any atom is -0.345 e. The molecule has 0 aromatic carbocycles. The van der Waals surface area contributed by atoms with Crippen LogP contribution >= 0.6 is 0 Å². The SMILES string of the molecule is CCN1CCCC1CN(C)S(=O)(=O)c1c[nH]c2ncccc12. The van der Waals surface area contributed by atoms with Gasteiger partial charge in [0.1, 0.15) is 10.5 Å². The van der Waals surface area contributed by atoms with Crippen molar-refractivity contribution in [1.29, 1.82) is 0 Å². The first-order valence-corrected chi connectivity index (χ1v) is 9.10. The molecule has 0 aliphatic carbocycles. The highest BCUT2D eigenvalue weighted by Crippen LogP contribution is 2.25. The predicted octanol–water partition coefficient (Wildman–Crippen LogP) is 1.67. The first-order chi connectivity index (χ1) is 10.5. The molecule has 1 saturated heterocycles. The van der Waals surface area contributed by atoms with Crippen molar-refractivity contribution in [3.05, 3.63) is 24.5 Å². The molecule has 1 aliphatic heterocycles. The van der Waals surface area contributed by atoms with E-state index in [-0.39, 0.29) is 0 Å². The summed E-state index contributed by atoms with van der Waals surface area (Å²) in [4.78, 5) is 9.75. The zero-order chi connectivity index (χ0) is 15.7. The zero-order valence-electron chi connectivity index (χ0n) is 13.0. The molecule has 6 nitrogen and oxygen atoms in total. The third-order valence-electron chi connectivity index (χ3n) is 4.47. The van der Waals surface area contributed by atoms with Crippen molar-refractivity contribution in [3.8, 4) is 0 Å². The molecule has 0 amide bonds. The molecule has 0 radical (unpaired) electrons. The average Bonchev–Trinajstić information content (AvgIpc) is 3.13. The molecule has 1 atom stereocenters. The molecule has 1 aliphatic rings. The second-order valence-corrected chi connectivity index (χ2v) is 7.78. The standard InChI is InChI=1S/C15H22N4O2S/c1-3-19-9-5-6-12(19)11-18(2)22(20,21)14-10-17-15-13(14)7-4-8-16-15/h4,7-8,10,12H,3,5-6,9,11H2,1-2H3,(H,16,17). The number of nitrogens with zero attached hydrogens (tertiary/aromatic N) is 3. The van der Waals surface area contributed by atoms with Crippen LogP contribution in [0.4, 0.5) is 0 Å². The van der Waals surface area contributed by atoms with Gasteiger partial charge in [0, 0.05) is 37.4 Å². The minimum absolute atomic E-state index is 0.305. The summed E-state index contributed by atoms with van der Waals surface area (Å²) in [5.41, 5.74) is 0.602. The van der Waals surface area contributed by atoms with E-state index in [9.17, 15) is 8.42 Å². The largest absolute Gasteiger partial charge is 0.345 e. The van der Waals surface area contributed by atoms with Crippen molar-refractivity contribution in [2.45, 2.75) is 30.7 Å². The van der Waals surface area contributed by atoms with Crippen LogP contribution in [-0.4, -0.2) is 60.3 Å². The maximum Gasteiger partial charge on any atom is 0.245 e. The van der Waals surface area contributed by atoms with Gasteiger partial charge in [0.2, 0.25) is 10.0 Å². The maximum atomic E-state index is 12.8. The van der Waals surface area contributed by atoms with Gasteiger partial charge < -0.3 is 4.98 Å². The van der Waals surface area contributed by atoms with Gasteiger partial charge in [-0.3, -0.25) is 4.90 Å². The van der Waals surface area contributed by atoms with Crippen LogP contribution in [0.2, 0.25) is 0 Å². The lowest BCUT2D eigenvalue weighted by molar-refractivity contribution is 0.238. The van der Waals surface area contributed by atoms with E-state index < -0.39 is 10.0 Å². The highest BCUT2D eigenvalue weighted by atomic mass is 32.2. The smallest absolute Gasteiger partial charge is 0.245 e. The molecular formula is C15H22N4O2S. The van der Waals surface area contributed by atoms with E-state index in [0.29, 0.717) is 28.5 Å². The number of likely N-dealkylation sites (N-methyl/N-ethyl adjacent to an activating group) is 2. The number of fused-ring (bicyclic) bond motifs is 1. The summed E-state index contributed by atoms with van der Waals surface area (Å²) in [5, 5.41) is 0.646. The van der Waals surface area contributed by atoms with Gasteiger partial charge in [-0.1, -0.05) is 6.92 Å². The Morgan fingerprint density at radius 2 is 2.32 bits per heavy atom. The highest BCUT2D eigenvalue weighted by Gasteiger charge is 2.30. The number of nitrogens with one attached hydrogen (secondary N) is 1. The van der Waals surface area contributed by atoms with E-state index in [1.807, 2.05) is 0 Å². The van der Waals surface area contributed by atoms with Crippen LogP contribution in [0.15, 0.2) is 29.4 Å². The quantitative estimate of drug-likeness (QED) is 0.909. The first kappa shape index (κ1) is 15.5. The Balaban J connectivity index is 1.86. The Morgan fingerprint density at radius 3 is 3.09 bits per heavy atom. The molecule has 120 valence electrons. The van der Waals surface area contributed by atoms with E-state index in [1.54, 1.807) is 25.4 Å². The minimum atomic E-state index is -3.51. The van der Waals surface area contributed by atoms with Crippen molar-refractivity contribution in [3.63, 3.8) is 0 Å². The number of rotatable bonds is 5. The van der Waals surface area contributed by atoms with Crippen LogP contribution in [0.3, 0.4) is 0 Å². The van der Waals surface area contributed by atoms with Crippen LogP contribution in [0.25, 0.3) is 11.0 Å². The van der Waals surface area contributed by atoms with Gasteiger partial charge in [0.25, 0.3) is 0 Å². The van der Waals surface area contributed by atoms with Crippen molar-refractivity contribution in [1.82, 2.24) is 19.2 Å². The lowest BCUT2D eigenvalue weighted by Crippen LogP contribution is -2.41. The van der Waals surface area contributed by atoms with Gasteiger partial charge in [0.15, 0.2) is 0 Å². The number of sulfonamides is 1. The van der Waals surface area contributed by atoms with Crippen LogP contribution in [0.1, 0.15) is 19.8 Å². The summed E-state index contributed by atoms with van der Waals surface area (Å²) in [7, 11) is -1.84. The Morgan fingerprint density at radius 1 is 1.50 bits per heavy atom. The van der Waals surface area contributed by atoms with Crippen molar-refractivity contribution in [2.75, 3.05) is 26.7 Å². The number of pyridine rings is 1. The van der Waals surface area contributed by atoms with E-state index in [2.05, 4.69) is 21.8 Å². The van der Waals surface area contributed by atoms with E-state index in [4.69, 9.17) is 0 Å². The Hall–Kier alpha value is -1.44. The Kier molecular flexibility index (Phi) is 4.20. The van der Waals surface area contributed by atoms with Gasteiger partial charge in [-0.25, -0.2) is 13.4 Å². The Labute approximate surface area is 131 Å². The fourth-order valence-corrected chi connectivity index (χ4v) is 4.58. The predicted molar refractivity (Wildman–Crippen MR) is 86.2 cm³/mol. The van der Waals surface area contributed by atoms with Gasteiger partial charge >= 0.3 is 0 Å². The monoisotopic (exact) mass is 322 g/mol. The molecule has 1 unspecified atom stereocenters. The lowest BCUT2D eigenvalue weighted by Gasteiger charge is -2.27. The zero-order valence-corrected chi connectivity index (χ0v) is 13.8. The first-order valence-electron chi connectivity index (χ1n) is 7.66. The number of aromatic amines is 1. The molecule has 22 heavy (non-hydrogen) atoms. The van der Waals surface area contributed by atoms with E-state index >= 15 is 0 Å². The van der Waals surface area contributed by atoms with Crippen LogP contribution < -0.4 is 0 Å². The number of hydrogen-bond donors (Lipinski definition) is 1. The topological polar surface area (TPSA) is 69.3 Å². The molecule has 1 N–H and O–H groups in total. The van der Waals surface area contributed by atoms with Crippen LogP contribution in [0.5, 0.6) is 0 Å². The highest BCUT2D eigenvalue weighted by molar-refractivity contribution is 7.89. The third-order valence-corrected chi connectivity index (χ3v) is 6.34. The molecule has 0 saturated carbocycles. The van der Waals surface area contributed by atoms with Crippen molar-refractivity contribution >= 4 is 21.1 Å². The molecular weight excluding hydrogens is 300 g/mol. The average molecular weight is 322 g/mol. The van der Waals surface area contributed by atoms with Gasteiger partial charge in [-0.15, -0.1) is 0 Å². The van der Waals surface area contributed by atoms with E-state index in [0.717, 1.165) is 25.9 Å². The summed E-state index contributed by atoms with van der Waals surface area (Å²) in [6.45, 7) is 4.68. The van der Waals surface area contributed by atoms with E-state index in [1.165, 1.54) is 10.5 Å². The summed E-state index contributed by atoms with van der Waals surface area (Å²) in [6, 6.07) is 3.85. The fourth-order valence-electron chi connectivity index (χ4n) is 3.23. The lowest BCUT2D eigenvalue weighted by atomic mass is 10.2. The molecule has 3 rings (SSSR count). The molecule has 0 spiro atoms. The fraction of sp³-hybridized carbons (Fsp3) is 0.533. The number of likely N-dealkylation sites (tertiary alicyclic amines) is 1. The molecule has 7 heteroatoms. The molecule has 2 aromatic heterocycles. The molecule has 2 aromatic rings. The van der Waals surface area contributed by atoms with Gasteiger partial charge in [-0.2, -0.15) is 4.31 Å². The van der Waals surface area contributed by atoms with Crippen molar-refractivity contribution in [2.24, 2.45) is 0 Å². The van der Waals surface area contributed by atoms with Crippen LogP contribution in [-0.2, 0) is 10.0 Å². The van der Waals surface area contributed by atoms with Crippen LogP contribution in [0, 0.1) is 0 Å². The molecule has 1 fully saturated rings.